The summed E-state index contributed by atoms with van der Waals surface area (Å²) in [6, 6.07) is 4.06. The van der Waals surface area contributed by atoms with Crippen molar-refractivity contribution in [3.8, 4) is 0 Å². The number of anilines is 1. The maximum atomic E-state index is 10.4. The summed E-state index contributed by atoms with van der Waals surface area (Å²) >= 11 is 0. The molecule has 2 N–H and O–H groups in total. The smallest absolute Gasteiger partial charge is 0.127 e. The number of aromatic nitrogens is 2. The second-order valence-electron chi connectivity index (χ2n) is 6.78. The first kappa shape index (κ1) is 20.8. The van der Waals surface area contributed by atoms with Crippen LogP contribution >= 0.6 is 0 Å². The van der Waals surface area contributed by atoms with Crippen LogP contribution in [0.2, 0.25) is 0 Å². The Morgan fingerprint density at radius 2 is 1.93 bits per heavy atom. The lowest BCUT2D eigenvalue weighted by Gasteiger charge is -2.16. The quantitative estimate of drug-likeness (QED) is 0.634. The van der Waals surface area contributed by atoms with E-state index in [1.165, 1.54) is 5.57 Å². The van der Waals surface area contributed by atoms with Gasteiger partial charge in [-0.25, -0.2) is 4.98 Å². The van der Waals surface area contributed by atoms with Crippen molar-refractivity contribution in [3.05, 3.63) is 59.0 Å². The zero-order chi connectivity index (χ0) is 20.0. The maximum Gasteiger partial charge on any atom is 0.127 e. The molecule has 2 aromatic heterocycles. The van der Waals surface area contributed by atoms with Gasteiger partial charge in [-0.1, -0.05) is 31.6 Å². The molecule has 0 aliphatic rings. The summed E-state index contributed by atoms with van der Waals surface area (Å²) in [5, 5.41) is 14.5. The van der Waals surface area contributed by atoms with E-state index in [0.717, 1.165) is 45.4 Å². The molecule has 2 aromatic rings. The van der Waals surface area contributed by atoms with Crippen LogP contribution in [0.25, 0.3) is 16.5 Å². The molecule has 0 aliphatic carbocycles. The Hall–Kier alpha value is -2.46. The monoisotopic (exact) mass is 365 g/mol. The first-order chi connectivity index (χ1) is 12.9. The van der Waals surface area contributed by atoms with Crippen LogP contribution in [0.4, 0.5) is 5.82 Å². The van der Waals surface area contributed by atoms with Gasteiger partial charge in [0.2, 0.25) is 0 Å². The average Bonchev–Trinajstić information content (AvgIpc) is 2.70. The van der Waals surface area contributed by atoms with Gasteiger partial charge in [-0.05, 0) is 56.4 Å². The molecule has 0 amide bonds. The normalized spacial score (nSPS) is 14.9. The Bertz CT molecular complexity index is 894. The first-order valence-electron chi connectivity index (χ1n) is 9.61. The third-order valence-corrected chi connectivity index (χ3v) is 4.99. The van der Waals surface area contributed by atoms with E-state index < -0.39 is 6.10 Å². The van der Waals surface area contributed by atoms with Crippen LogP contribution in [0.1, 0.15) is 53.0 Å². The lowest BCUT2D eigenvalue weighted by Crippen LogP contribution is -2.09. The molecule has 0 aliphatic heterocycles. The molecule has 0 bridgehead atoms. The van der Waals surface area contributed by atoms with Gasteiger partial charge in [0.25, 0.3) is 0 Å². The van der Waals surface area contributed by atoms with E-state index in [1.807, 2.05) is 39.4 Å². The maximum absolute atomic E-state index is 10.4. The van der Waals surface area contributed by atoms with Crippen LogP contribution in [0.15, 0.2) is 53.4 Å². The standard InChI is InChI=1S/C23H31N3O/c1-7-15(4)20(22(27)9-3)10-16(5)19(8-2)17-11-18-14-26-23(24-6)12-21(18)25-13-17/h8,10-14,22,27H,7,9H2,1-6H3,(H,24,26)/b16-10-,19-8+,20-15-. The van der Waals surface area contributed by atoms with Crippen LogP contribution < -0.4 is 5.32 Å². The molecule has 0 fully saturated rings. The fraction of sp³-hybridized carbons (Fsp3) is 0.391. The van der Waals surface area contributed by atoms with Crippen molar-refractivity contribution in [3.63, 3.8) is 0 Å². The molecule has 4 nitrogen and oxygen atoms in total. The summed E-state index contributed by atoms with van der Waals surface area (Å²) in [6.45, 7) is 10.3. The third kappa shape index (κ3) is 4.83. The van der Waals surface area contributed by atoms with Crippen molar-refractivity contribution in [1.29, 1.82) is 0 Å². The highest BCUT2D eigenvalue weighted by molar-refractivity contribution is 5.87. The van der Waals surface area contributed by atoms with Crippen molar-refractivity contribution in [2.24, 2.45) is 0 Å². The number of rotatable bonds is 7. The molecule has 0 spiro atoms. The van der Waals surface area contributed by atoms with Crippen molar-refractivity contribution in [1.82, 2.24) is 9.97 Å². The van der Waals surface area contributed by atoms with Crippen LogP contribution in [-0.4, -0.2) is 28.2 Å². The number of fused-ring (bicyclic) bond motifs is 1. The second-order valence-corrected chi connectivity index (χ2v) is 6.78. The van der Waals surface area contributed by atoms with E-state index in [2.05, 4.69) is 54.3 Å². The molecule has 144 valence electrons. The highest BCUT2D eigenvalue weighted by atomic mass is 16.3. The highest BCUT2D eigenvalue weighted by Gasteiger charge is 2.12. The van der Waals surface area contributed by atoms with Gasteiger partial charge in [-0.2, -0.15) is 0 Å². The van der Waals surface area contributed by atoms with E-state index in [0.29, 0.717) is 6.42 Å². The molecule has 0 aromatic carbocycles. The van der Waals surface area contributed by atoms with Gasteiger partial charge < -0.3 is 10.4 Å². The van der Waals surface area contributed by atoms with E-state index >= 15 is 0 Å². The topological polar surface area (TPSA) is 58.0 Å². The van der Waals surface area contributed by atoms with Crippen molar-refractivity contribution in [2.45, 2.75) is 53.6 Å². The summed E-state index contributed by atoms with van der Waals surface area (Å²) in [5.74, 6) is 0.809. The minimum atomic E-state index is -0.433. The highest BCUT2D eigenvalue weighted by Crippen LogP contribution is 2.28. The zero-order valence-electron chi connectivity index (χ0n) is 17.3. The SMILES string of the molecule is C\C=C(/C(C)=C\C(=C(/C)CC)C(O)CC)c1cnc2cc(NC)ncc2c1. The summed E-state index contributed by atoms with van der Waals surface area (Å²) < 4.78 is 0. The molecular formula is C23H31N3O. The van der Waals surface area contributed by atoms with E-state index in [9.17, 15) is 5.11 Å². The number of hydrogen-bond acceptors (Lipinski definition) is 4. The van der Waals surface area contributed by atoms with Gasteiger partial charge in [-0.15, -0.1) is 0 Å². The van der Waals surface area contributed by atoms with Crippen LogP contribution in [-0.2, 0) is 0 Å². The molecule has 4 heteroatoms. The Labute approximate surface area is 162 Å². The second kappa shape index (κ2) is 9.47. The predicted octanol–water partition coefficient (Wildman–Crippen LogP) is 5.52. The zero-order valence-corrected chi connectivity index (χ0v) is 17.3. The summed E-state index contributed by atoms with van der Waals surface area (Å²) in [6.07, 6.45) is 9.17. The van der Waals surface area contributed by atoms with Crippen molar-refractivity contribution in [2.75, 3.05) is 12.4 Å². The fourth-order valence-corrected chi connectivity index (χ4v) is 3.17. The Morgan fingerprint density at radius 3 is 2.52 bits per heavy atom. The molecule has 0 radical (unpaired) electrons. The molecule has 2 heterocycles. The number of nitrogens with zero attached hydrogens (tertiary/aromatic N) is 2. The molecule has 2 rings (SSSR count). The number of hydrogen-bond donors (Lipinski definition) is 2. The van der Waals surface area contributed by atoms with Crippen LogP contribution in [0.3, 0.4) is 0 Å². The van der Waals surface area contributed by atoms with Crippen molar-refractivity contribution < 1.29 is 5.11 Å². The summed E-state index contributed by atoms with van der Waals surface area (Å²) in [7, 11) is 1.85. The average molecular weight is 366 g/mol. The lowest BCUT2D eigenvalue weighted by atomic mass is 9.93. The molecule has 27 heavy (non-hydrogen) atoms. The lowest BCUT2D eigenvalue weighted by molar-refractivity contribution is 0.209. The Kier molecular flexibility index (Phi) is 7.31. The fourth-order valence-electron chi connectivity index (χ4n) is 3.17. The Morgan fingerprint density at radius 1 is 1.19 bits per heavy atom. The van der Waals surface area contributed by atoms with Gasteiger partial charge in [0.1, 0.15) is 5.82 Å². The molecule has 1 unspecified atom stereocenters. The predicted molar refractivity (Wildman–Crippen MR) is 116 cm³/mol. The van der Waals surface area contributed by atoms with Crippen LogP contribution in [0.5, 0.6) is 0 Å². The number of aliphatic hydroxyl groups is 1. The minimum Gasteiger partial charge on any atom is -0.388 e. The summed E-state index contributed by atoms with van der Waals surface area (Å²) in [5.41, 5.74) is 6.45. The van der Waals surface area contributed by atoms with Gasteiger partial charge in [-0.3, -0.25) is 4.98 Å². The van der Waals surface area contributed by atoms with Crippen molar-refractivity contribution >= 4 is 22.3 Å². The minimum absolute atomic E-state index is 0.433. The van der Waals surface area contributed by atoms with Gasteiger partial charge in [0.05, 0.1) is 11.6 Å². The van der Waals surface area contributed by atoms with E-state index in [1.54, 1.807) is 0 Å². The van der Waals surface area contributed by atoms with E-state index in [-0.39, 0.29) is 0 Å². The third-order valence-electron chi connectivity index (χ3n) is 4.99. The summed E-state index contributed by atoms with van der Waals surface area (Å²) in [4.78, 5) is 9.00. The van der Waals surface area contributed by atoms with Gasteiger partial charge in [0.15, 0.2) is 0 Å². The van der Waals surface area contributed by atoms with Gasteiger partial charge >= 0.3 is 0 Å². The number of aliphatic hydroxyl groups excluding tert-OH is 1. The number of pyridine rings is 2. The number of allylic oxidation sites excluding steroid dienone is 4. The molecule has 1 atom stereocenters. The molecule has 0 saturated heterocycles. The molecular weight excluding hydrogens is 334 g/mol. The van der Waals surface area contributed by atoms with Crippen LogP contribution in [0, 0.1) is 0 Å². The number of nitrogens with one attached hydrogen (secondary N) is 1. The molecule has 0 saturated carbocycles. The van der Waals surface area contributed by atoms with E-state index in [4.69, 9.17) is 0 Å². The Balaban J connectivity index is 2.47. The van der Waals surface area contributed by atoms with Gasteiger partial charge in [0, 0.05) is 36.5 Å². The first-order valence-corrected chi connectivity index (χ1v) is 9.61. The largest absolute Gasteiger partial charge is 0.388 e.